The third-order valence-electron chi connectivity index (χ3n) is 5.30. The van der Waals surface area contributed by atoms with Crippen molar-refractivity contribution in [2.75, 3.05) is 13.6 Å². The first-order valence-electron chi connectivity index (χ1n) is 7.27. The van der Waals surface area contributed by atoms with Crippen molar-refractivity contribution in [3.05, 3.63) is 0 Å². The van der Waals surface area contributed by atoms with Crippen LogP contribution >= 0.6 is 0 Å². The number of carbonyl (C=O) groups is 1. The van der Waals surface area contributed by atoms with Gasteiger partial charge in [-0.15, -0.1) is 0 Å². The zero-order chi connectivity index (χ0) is 12.8. The third kappa shape index (κ3) is 1.94. The number of nitrogens with one attached hydrogen (secondary N) is 1. The van der Waals surface area contributed by atoms with E-state index in [0.717, 1.165) is 12.8 Å². The molecule has 4 heteroatoms. The molecule has 102 valence electrons. The highest BCUT2D eigenvalue weighted by Crippen LogP contribution is 2.47. The van der Waals surface area contributed by atoms with Crippen LogP contribution < -0.4 is 5.32 Å². The van der Waals surface area contributed by atoms with Crippen molar-refractivity contribution in [1.82, 2.24) is 10.2 Å². The van der Waals surface area contributed by atoms with Gasteiger partial charge in [0.05, 0.1) is 6.04 Å². The van der Waals surface area contributed by atoms with Gasteiger partial charge in [0.25, 0.3) is 0 Å². The first-order valence-corrected chi connectivity index (χ1v) is 7.27. The highest BCUT2D eigenvalue weighted by Gasteiger charge is 2.48. The fourth-order valence-corrected chi connectivity index (χ4v) is 4.36. The smallest absolute Gasteiger partial charge is 0.237 e. The Morgan fingerprint density at radius 3 is 2.56 bits per heavy atom. The maximum absolute atomic E-state index is 13.3. The van der Waals surface area contributed by atoms with E-state index in [0.29, 0.717) is 18.9 Å². The molecule has 2 aliphatic carbocycles. The van der Waals surface area contributed by atoms with Crippen LogP contribution in [0, 0.1) is 5.92 Å². The van der Waals surface area contributed by atoms with E-state index in [1.54, 1.807) is 0 Å². The monoisotopic (exact) mass is 254 g/mol. The van der Waals surface area contributed by atoms with Crippen molar-refractivity contribution < 1.29 is 9.18 Å². The number of carbonyl (C=O) groups excluding carboxylic acids is 1. The number of nitrogens with zero attached hydrogens (tertiary/aromatic N) is 1. The predicted octanol–water partition coefficient (Wildman–Crippen LogP) is 1.87. The van der Waals surface area contributed by atoms with Gasteiger partial charge in [0.2, 0.25) is 5.91 Å². The molecular weight excluding hydrogens is 231 g/mol. The van der Waals surface area contributed by atoms with Crippen molar-refractivity contribution in [2.45, 2.75) is 62.7 Å². The number of halogens is 1. The summed E-state index contributed by atoms with van der Waals surface area (Å²) in [7, 11) is 1.85. The third-order valence-corrected chi connectivity index (χ3v) is 5.30. The summed E-state index contributed by atoms with van der Waals surface area (Å²) in [6, 6.07) is -0.253. The lowest BCUT2D eigenvalue weighted by Crippen LogP contribution is -2.53. The molecular formula is C14H23FN2O. The molecule has 3 aliphatic rings. The van der Waals surface area contributed by atoms with Crippen LogP contribution in [0.15, 0.2) is 0 Å². The summed E-state index contributed by atoms with van der Waals surface area (Å²) in [6.45, 7) is 0.397. The molecule has 0 spiro atoms. The van der Waals surface area contributed by atoms with Gasteiger partial charge in [-0.05, 0) is 38.6 Å². The first kappa shape index (κ1) is 12.4. The summed E-state index contributed by atoms with van der Waals surface area (Å²) in [5.74, 6) is 0.737. The Balaban J connectivity index is 1.67. The van der Waals surface area contributed by atoms with Crippen molar-refractivity contribution in [2.24, 2.45) is 5.92 Å². The number of likely N-dealkylation sites (N-methyl/N-ethyl adjacent to an activating group) is 1. The molecule has 18 heavy (non-hydrogen) atoms. The number of hydrogen-bond donors (Lipinski definition) is 1. The van der Waals surface area contributed by atoms with E-state index in [4.69, 9.17) is 0 Å². The summed E-state index contributed by atoms with van der Waals surface area (Å²) in [6.07, 6.45) is 6.75. The molecule has 3 nitrogen and oxygen atoms in total. The lowest BCUT2D eigenvalue weighted by atomic mass is 9.90. The van der Waals surface area contributed by atoms with Crippen LogP contribution in [-0.2, 0) is 4.79 Å². The second-order valence-electron chi connectivity index (χ2n) is 6.42. The Kier molecular flexibility index (Phi) is 3.08. The van der Waals surface area contributed by atoms with Gasteiger partial charge < -0.3 is 5.32 Å². The van der Waals surface area contributed by atoms with E-state index in [1.165, 1.54) is 25.7 Å². The Morgan fingerprint density at radius 2 is 2.00 bits per heavy atom. The van der Waals surface area contributed by atoms with Crippen LogP contribution in [0.4, 0.5) is 4.39 Å². The van der Waals surface area contributed by atoms with Crippen LogP contribution in [0.5, 0.6) is 0 Å². The summed E-state index contributed by atoms with van der Waals surface area (Å²) >= 11 is 0. The van der Waals surface area contributed by atoms with Gasteiger partial charge in [-0.3, -0.25) is 9.69 Å². The lowest BCUT2D eigenvalue weighted by molar-refractivity contribution is -0.127. The summed E-state index contributed by atoms with van der Waals surface area (Å²) in [5.41, 5.74) is 0.0618. The Labute approximate surface area is 108 Å². The first-order chi connectivity index (χ1) is 8.61. The van der Waals surface area contributed by atoms with Crippen LogP contribution in [-0.4, -0.2) is 42.2 Å². The molecule has 0 aromatic carbocycles. The molecule has 2 saturated carbocycles. The lowest BCUT2D eigenvalue weighted by Gasteiger charge is -2.33. The average molecular weight is 254 g/mol. The fourth-order valence-electron chi connectivity index (χ4n) is 4.36. The molecule has 0 aromatic heterocycles. The molecule has 0 unspecified atom stereocenters. The van der Waals surface area contributed by atoms with Crippen molar-refractivity contribution >= 4 is 5.91 Å². The van der Waals surface area contributed by atoms with Crippen molar-refractivity contribution in [3.63, 3.8) is 0 Å². The zero-order valence-corrected chi connectivity index (χ0v) is 11.1. The van der Waals surface area contributed by atoms with Gasteiger partial charge in [-0.2, -0.15) is 0 Å². The summed E-state index contributed by atoms with van der Waals surface area (Å²) in [4.78, 5) is 14.2. The Bertz CT molecular complexity index is 337. The number of amides is 1. The number of likely N-dealkylation sites (tertiary alicyclic amines) is 1. The summed E-state index contributed by atoms with van der Waals surface area (Å²) in [5, 5.41) is 3.30. The van der Waals surface area contributed by atoms with E-state index in [2.05, 4.69) is 5.32 Å². The van der Waals surface area contributed by atoms with Crippen LogP contribution in [0.25, 0.3) is 0 Å². The van der Waals surface area contributed by atoms with Gasteiger partial charge in [-0.1, -0.05) is 12.8 Å². The van der Waals surface area contributed by atoms with Crippen LogP contribution in [0.3, 0.4) is 0 Å². The highest BCUT2D eigenvalue weighted by molar-refractivity contribution is 5.83. The van der Waals surface area contributed by atoms with E-state index in [9.17, 15) is 9.18 Å². The summed E-state index contributed by atoms with van der Waals surface area (Å²) < 4.78 is 13.3. The number of alkyl halides is 1. The van der Waals surface area contributed by atoms with Gasteiger partial charge in [0.1, 0.15) is 6.17 Å². The van der Waals surface area contributed by atoms with Gasteiger partial charge in [-0.25, -0.2) is 4.39 Å². The molecule has 3 fully saturated rings. The maximum atomic E-state index is 13.3. The minimum Gasteiger partial charge on any atom is -0.349 e. The predicted molar refractivity (Wildman–Crippen MR) is 68.0 cm³/mol. The number of rotatable bonds is 2. The average Bonchev–Trinajstić information content (AvgIpc) is 2.91. The molecule has 1 N–H and O–H groups in total. The topological polar surface area (TPSA) is 32.3 Å². The van der Waals surface area contributed by atoms with E-state index in [1.807, 2.05) is 11.9 Å². The van der Waals surface area contributed by atoms with Gasteiger partial charge >= 0.3 is 0 Å². The minimum absolute atomic E-state index is 0.0615. The number of hydrogen-bond acceptors (Lipinski definition) is 2. The Hall–Kier alpha value is -0.640. The van der Waals surface area contributed by atoms with Crippen molar-refractivity contribution in [1.29, 1.82) is 0 Å². The molecule has 0 aromatic rings. The van der Waals surface area contributed by atoms with Crippen LogP contribution in [0.1, 0.15) is 44.9 Å². The van der Waals surface area contributed by atoms with E-state index >= 15 is 0 Å². The second-order valence-corrected chi connectivity index (χ2v) is 6.42. The SMILES string of the molecule is CN1C[C@@H](F)C[C@H]1C(=O)NC12CCCC1CCC2. The maximum Gasteiger partial charge on any atom is 0.237 e. The molecule has 1 heterocycles. The molecule has 1 saturated heterocycles. The zero-order valence-electron chi connectivity index (χ0n) is 11.1. The van der Waals surface area contributed by atoms with E-state index < -0.39 is 6.17 Å². The molecule has 0 radical (unpaired) electrons. The largest absolute Gasteiger partial charge is 0.349 e. The highest BCUT2D eigenvalue weighted by atomic mass is 19.1. The molecule has 0 bridgehead atoms. The molecule has 2 atom stereocenters. The van der Waals surface area contributed by atoms with Crippen molar-refractivity contribution in [3.8, 4) is 0 Å². The normalized spacial score (nSPS) is 44.2. The number of fused-ring (bicyclic) bond motifs is 1. The second kappa shape index (κ2) is 4.48. The minimum atomic E-state index is -0.841. The Morgan fingerprint density at radius 1 is 1.33 bits per heavy atom. The standard InChI is InChI=1S/C14H23FN2O/c1-17-9-11(15)8-12(17)13(18)16-14-6-2-4-10(14)5-3-7-14/h10-12H,2-9H2,1H3,(H,16,18)/t10?,11-,12-,14?/m0/s1. The fraction of sp³-hybridized carbons (Fsp3) is 0.929. The van der Waals surface area contributed by atoms with Crippen LogP contribution in [0.2, 0.25) is 0 Å². The molecule has 3 rings (SSSR count). The molecule has 1 amide bonds. The van der Waals surface area contributed by atoms with Gasteiger partial charge in [0.15, 0.2) is 0 Å². The quantitative estimate of drug-likeness (QED) is 0.816. The molecule has 1 aliphatic heterocycles. The van der Waals surface area contributed by atoms with Gasteiger partial charge in [0, 0.05) is 18.5 Å². The van der Waals surface area contributed by atoms with E-state index in [-0.39, 0.29) is 17.5 Å².